The summed E-state index contributed by atoms with van der Waals surface area (Å²) in [6.07, 6.45) is 0.425. The second-order valence-corrected chi connectivity index (χ2v) is 6.53. The minimum atomic E-state index is -0.856. The van der Waals surface area contributed by atoms with Crippen LogP contribution in [0.2, 0.25) is 0 Å². The lowest BCUT2D eigenvalue weighted by molar-refractivity contribution is -0.139. The van der Waals surface area contributed by atoms with Crippen LogP contribution < -0.4 is 14.4 Å². The van der Waals surface area contributed by atoms with Gasteiger partial charge in [0.05, 0.1) is 19.4 Å². The highest BCUT2D eigenvalue weighted by Crippen LogP contribution is 2.25. The third kappa shape index (κ3) is 3.83. The molecule has 1 aliphatic rings. The van der Waals surface area contributed by atoms with E-state index in [1.54, 1.807) is 24.3 Å². The predicted octanol–water partition coefficient (Wildman–Crippen LogP) is 3.08. The van der Waals surface area contributed by atoms with Crippen LogP contribution >= 0.6 is 0 Å². The second-order valence-electron chi connectivity index (χ2n) is 6.53. The normalized spacial score (nSPS) is 14.0. The molecule has 0 unspecified atom stereocenters. The van der Waals surface area contributed by atoms with Crippen molar-refractivity contribution in [2.45, 2.75) is 20.3 Å². The average molecular weight is 382 g/mol. The van der Waals surface area contributed by atoms with E-state index >= 15 is 0 Å². The fourth-order valence-electron chi connectivity index (χ4n) is 2.88. The molecule has 1 saturated heterocycles. The topological polar surface area (TPSA) is 76.2 Å². The molecule has 2 aromatic rings. The Labute approximate surface area is 163 Å². The number of methoxy groups -OCH3 is 1. The predicted molar refractivity (Wildman–Crippen MR) is 104 cm³/mol. The third-order valence-corrected chi connectivity index (χ3v) is 4.66. The smallest absolute Gasteiger partial charge is 0.338 e. The molecule has 1 fully saturated rings. The summed E-state index contributed by atoms with van der Waals surface area (Å²) in [5, 5.41) is 0. The summed E-state index contributed by atoms with van der Waals surface area (Å²) in [6, 6.07) is 11.5. The summed E-state index contributed by atoms with van der Waals surface area (Å²) in [6.45, 7) is 4.47. The van der Waals surface area contributed by atoms with Gasteiger partial charge in [-0.15, -0.1) is 0 Å². The van der Waals surface area contributed by atoms with Crippen LogP contribution in [0.5, 0.6) is 11.5 Å². The van der Waals surface area contributed by atoms with Gasteiger partial charge >= 0.3 is 17.8 Å². The highest BCUT2D eigenvalue weighted by Gasteiger charge is 2.44. The van der Waals surface area contributed by atoms with E-state index in [2.05, 4.69) is 0 Å². The van der Waals surface area contributed by atoms with Gasteiger partial charge in [0.15, 0.2) is 0 Å². The van der Waals surface area contributed by atoms with E-state index in [0.29, 0.717) is 24.5 Å². The molecule has 7 heteroatoms. The summed E-state index contributed by atoms with van der Waals surface area (Å²) < 4.78 is 10.7. The maximum absolute atomic E-state index is 12.6. The maximum Gasteiger partial charge on any atom is 0.338 e. The van der Waals surface area contributed by atoms with Crippen LogP contribution in [0.15, 0.2) is 42.5 Å². The molecule has 1 aliphatic heterocycles. The van der Waals surface area contributed by atoms with Gasteiger partial charge < -0.3 is 9.47 Å². The van der Waals surface area contributed by atoms with Gasteiger partial charge in [-0.25, -0.2) is 9.69 Å². The highest BCUT2D eigenvalue weighted by molar-refractivity contribution is 6.52. The van der Waals surface area contributed by atoms with Crippen LogP contribution in [0.25, 0.3) is 0 Å². The molecule has 1 heterocycles. The van der Waals surface area contributed by atoms with Gasteiger partial charge in [0, 0.05) is 6.54 Å². The summed E-state index contributed by atoms with van der Waals surface area (Å²) in [5.74, 6) is -0.357. The van der Waals surface area contributed by atoms with Crippen molar-refractivity contribution in [1.29, 1.82) is 0 Å². The number of hydrogen-bond donors (Lipinski definition) is 0. The zero-order valence-corrected chi connectivity index (χ0v) is 16.1. The van der Waals surface area contributed by atoms with Crippen molar-refractivity contribution < 1.29 is 23.9 Å². The third-order valence-electron chi connectivity index (χ3n) is 4.66. The number of aryl methyl sites for hydroxylation is 2. The molecular weight excluding hydrogens is 360 g/mol. The molecule has 4 amide bonds. The molecule has 0 radical (unpaired) electrons. The monoisotopic (exact) mass is 382 g/mol. The number of carbonyl (C=O) groups is 3. The lowest BCUT2D eigenvalue weighted by Gasteiger charge is -2.16. The second kappa shape index (κ2) is 8.12. The molecule has 0 atom stereocenters. The number of anilines is 1. The average Bonchev–Trinajstić information content (AvgIpc) is 2.91. The Morgan fingerprint density at radius 2 is 1.54 bits per heavy atom. The van der Waals surface area contributed by atoms with E-state index in [4.69, 9.17) is 9.47 Å². The van der Waals surface area contributed by atoms with Gasteiger partial charge in [-0.1, -0.05) is 6.07 Å². The van der Waals surface area contributed by atoms with E-state index in [-0.39, 0.29) is 6.54 Å². The van der Waals surface area contributed by atoms with Crippen molar-refractivity contribution in [3.63, 3.8) is 0 Å². The van der Waals surface area contributed by atoms with Gasteiger partial charge in [0.25, 0.3) is 0 Å². The Morgan fingerprint density at radius 3 is 2.18 bits per heavy atom. The Bertz CT molecular complexity index is 908. The summed E-state index contributed by atoms with van der Waals surface area (Å²) in [4.78, 5) is 38.9. The van der Waals surface area contributed by atoms with Crippen LogP contribution in [-0.2, 0) is 9.59 Å². The van der Waals surface area contributed by atoms with Crippen molar-refractivity contribution in [2.24, 2.45) is 0 Å². The molecule has 7 nitrogen and oxygen atoms in total. The molecule has 146 valence electrons. The number of imide groups is 2. The number of amides is 4. The minimum absolute atomic E-state index is 0.112. The first kappa shape index (κ1) is 19.4. The van der Waals surface area contributed by atoms with E-state index in [1.807, 2.05) is 32.0 Å². The largest absolute Gasteiger partial charge is 0.497 e. The van der Waals surface area contributed by atoms with Crippen LogP contribution in [0.4, 0.5) is 10.5 Å². The Hall–Kier alpha value is -3.35. The maximum atomic E-state index is 12.6. The molecule has 28 heavy (non-hydrogen) atoms. The SMILES string of the molecule is COc1ccc(N2C(=O)C(=O)N(CCCOc3ccc(C)c(C)c3)C2=O)cc1. The van der Waals surface area contributed by atoms with Crippen molar-refractivity contribution >= 4 is 23.5 Å². The number of hydrogen-bond acceptors (Lipinski definition) is 5. The van der Waals surface area contributed by atoms with Crippen LogP contribution in [0.3, 0.4) is 0 Å². The van der Waals surface area contributed by atoms with Gasteiger partial charge in [0.1, 0.15) is 11.5 Å². The number of urea groups is 1. The molecule has 2 aromatic carbocycles. The molecule has 0 aromatic heterocycles. The lowest BCUT2D eigenvalue weighted by Crippen LogP contribution is -2.34. The summed E-state index contributed by atoms with van der Waals surface area (Å²) in [7, 11) is 1.52. The zero-order chi connectivity index (χ0) is 20.3. The Balaban J connectivity index is 1.59. The van der Waals surface area contributed by atoms with Crippen molar-refractivity contribution in [2.75, 3.05) is 25.2 Å². The Morgan fingerprint density at radius 1 is 0.857 bits per heavy atom. The first-order valence-electron chi connectivity index (χ1n) is 8.96. The zero-order valence-electron chi connectivity index (χ0n) is 16.1. The van der Waals surface area contributed by atoms with Crippen LogP contribution in [-0.4, -0.2) is 43.0 Å². The molecule has 0 saturated carbocycles. The number of ether oxygens (including phenoxy) is 2. The van der Waals surface area contributed by atoms with Crippen LogP contribution in [0.1, 0.15) is 17.5 Å². The summed E-state index contributed by atoms with van der Waals surface area (Å²) in [5.41, 5.74) is 2.64. The number of benzene rings is 2. The number of nitrogens with zero attached hydrogens (tertiary/aromatic N) is 2. The number of carbonyl (C=O) groups excluding carboxylic acids is 3. The highest BCUT2D eigenvalue weighted by atomic mass is 16.5. The minimum Gasteiger partial charge on any atom is -0.497 e. The van der Waals surface area contributed by atoms with Crippen LogP contribution in [0, 0.1) is 13.8 Å². The quantitative estimate of drug-likeness (QED) is 0.418. The fraction of sp³-hybridized carbons (Fsp3) is 0.286. The van der Waals surface area contributed by atoms with Gasteiger partial charge in [-0.3, -0.25) is 14.5 Å². The fourth-order valence-corrected chi connectivity index (χ4v) is 2.88. The van der Waals surface area contributed by atoms with E-state index < -0.39 is 17.8 Å². The van der Waals surface area contributed by atoms with Gasteiger partial charge in [-0.05, 0) is 67.8 Å². The first-order valence-corrected chi connectivity index (χ1v) is 8.96. The van der Waals surface area contributed by atoms with Gasteiger partial charge in [-0.2, -0.15) is 0 Å². The molecule has 0 spiro atoms. The van der Waals surface area contributed by atoms with E-state index in [1.165, 1.54) is 12.7 Å². The first-order chi connectivity index (χ1) is 13.4. The van der Waals surface area contributed by atoms with Crippen molar-refractivity contribution in [3.8, 4) is 11.5 Å². The lowest BCUT2D eigenvalue weighted by atomic mass is 10.1. The summed E-state index contributed by atoms with van der Waals surface area (Å²) >= 11 is 0. The van der Waals surface area contributed by atoms with Crippen molar-refractivity contribution in [1.82, 2.24) is 4.90 Å². The Kier molecular flexibility index (Phi) is 5.63. The standard InChI is InChI=1S/C21H22N2O5/c1-14-5-8-18(13-15(14)2)28-12-4-11-22-19(24)20(25)23(21(22)26)16-6-9-17(27-3)10-7-16/h5-10,13H,4,11-12H2,1-3H3. The molecule has 0 bridgehead atoms. The van der Waals surface area contributed by atoms with Gasteiger partial charge in [0.2, 0.25) is 0 Å². The van der Waals surface area contributed by atoms with Crippen molar-refractivity contribution in [3.05, 3.63) is 53.6 Å². The molecule has 3 rings (SSSR count). The van der Waals surface area contributed by atoms with E-state index in [0.717, 1.165) is 21.1 Å². The molecular formula is C21H22N2O5. The number of rotatable bonds is 7. The van der Waals surface area contributed by atoms with E-state index in [9.17, 15) is 14.4 Å². The molecule has 0 aliphatic carbocycles. The molecule has 0 N–H and O–H groups in total.